The first kappa shape index (κ1) is 20.5. The minimum absolute atomic E-state index is 0.194. The summed E-state index contributed by atoms with van der Waals surface area (Å²) in [6.07, 6.45) is 2.77. The molecule has 160 valence electrons. The summed E-state index contributed by atoms with van der Waals surface area (Å²) >= 11 is 6.99. The molecular weight excluding hydrogens is 444 g/mol. The number of carbonyl (C=O) groups excluding carboxylic acids is 3. The van der Waals surface area contributed by atoms with Crippen molar-refractivity contribution in [3.05, 3.63) is 80.7 Å². The summed E-state index contributed by atoms with van der Waals surface area (Å²) in [6.45, 7) is 0. The molecule has 0 radical (unpaired) electrons. The van der Waals surface area contributed by atoms with Gasteiger partial charge >= 0.3 is 5.97 Å². The van der Waals surface area contributed by atoms with Gasteiger partial charge in [-0.15, -0.1) is 11.3 Å². The van der Waals surface area contributed by atoms with Gasteiger partial charge < -0.3 is 15.4 Å². The molecule has 0 aliphatic heterocycles. The maximum Gasteiger partial charge on any atom is 0.341 e. The van der Waals surface area contributed by atoms with Gasteiger partial charge in [-0.3, -0.25) is 9.59 Å². The highest BCUT2D eigenvalue weighted by molar-refractivity contribution is 7.80. The lowest BCUT2D eigenvalue weighted by Crippen LogP contribution is -2.25. The zero-order valence-electron chi connectivity index (χ0n) is 17.1. The molecule has 0 atom stereocenters. The van der Waals surface area contributed by atoms with Crippen LogP contribution in [-0.2, 0) is 17.6 Å². The Labute approximate surface area is 193 Å². The molecule has 8 heteroatoms. The summed E-state index contributed by atoms with van der Waals surface area (Å²) in [6, 6.07) is 11.9. The lowest BCUT2D eigenvalue weighted by atomic mass is 9.83. The first-order valence-corrected chi connectivity index (χ1v) is 11.3. The van der Waals surface area contributed by atoms with E-state index in [4.69, 9.17) is 17.0 Å². The van der Waals surface area contributed by atoms with Crippen LogP contribution in [0.15, 0.2) is 42.5 Å². The van der Waals surface area contributed by atoms with E-state index in [1.54, 1.807) is 42.5 Å². The van der Waals surface area contributed by atoms with E-state index in [2.05, 4.69) is 10.6 Å². The van der Waals surface area contributed by atoms with Crippen LogP contribution in [0.1, 0.15) is 59.1 Å². The molecule has 2 aliphatic carbocycles. The molecule has 0 fully saturated rings. The van der Waals surface area contributed by atoms with E-state index in [0.29, 0.717) is 38.5 Å². The maximum absolute atomic E-state index is 13.2. The van der Waals surface area contributed by atoms with Gasteiger partial charge in [-0.2, -0.15) is 0 Å². The zero-order chi connectivity index (χ0) is 22.4. The van der Waals surface area contributed by atoms with Crippen LogP contribution in [0.25, 0.3) is 0 Å². The van der Waals surface area contributed by atoms with Gasteiger partial charge in [0.05, 0.1) is 23.9 Å². The highest BCUT2D eigenvalue weighted by atomic mass is 32.1. The smallest absolute Gasteiger partial charge is 0.341 e. The Morgan fingerprint density at radius 1 is 0.969 bits per heavy atom. The monoisotopic (exact) mass is 462 g/mol. The van der Waals surface area contributed by atoms with Gasteiger partial charge in [-0.1, -0.05) is 36.4 Å². The fourth-order valence-corrected chi connectivity index (χ4v) is 5.87. The number of thiocarbonyl (C=S) groups is 1. The number of rotatable bonds is 3. The molecule has 6 nitrogen and oxygen atoms in total. The number of anilines is 2. The van der Waals surface area contributed by atoms with E-state index >= 15 is 0 Å². The standard InChI is InChI=1S/C24H18N2O4S2/c1-30-23(29)19-14-8-5-11-17(14)32-22(19)26-24(31)25-16-10-4-9-15-18(16)21(28)13-7-3-2-6-12(13)20(15)27/h2-4,6-7,9-10H,5,8,11H2,1H3,(H2,25,26,31). The molecule has 0 saturated carbocycles. The molecule has 0 spiro atoms. The number of fused-ring (bicyclic) bond motifs is 3. The third-order valence-electron chi connectivity index (χ3n) is 5.74. The predicted molar refractivity (Wildman–Crippen MR) is 127 cm³/mol. The number of aryl methyl sites for hydroxylation is 1. The van der Waals surface area contributed by atoms with E-state index in [9.17, 15) is 14.4 Å². The van der Waals surface area contributed by atoms with E-state index in [0.717, 1.165) is 29.7 Å². The molecule has 1 aromatic heterocycles. The Morgan fingerprint density at radius 3 is 2.44 bits per heavy atom. The number of thiophene rings is 1. The average molecular weight is 463 g/mol. The van der Waals surface area contributed by atoms with Crippen LogP contribution >= 0.6 is 23.6 Å². The summed E-state index contributed by atoms with van der Waals surface area (Å²) in [7, 11) is 1.36. The molecule has 2 N–H and O–H groups in total. The number of carbonyl (C=O) groups is 3. The number of hydrogen-bond acceptors (Lipinski definition) is 6. The van der Waals surface area contributed by atoms with Gasteiger partial charge in [-0.05, 0) is 43.1 Å². The second kappa shape index (κ2) is 7.96. The van der Waals surface area contributed by atoms with E-state index < -0.39 is 5.97 Å². The van der Waals surface area contributed by atoms with Gasteiger partial charge in [0.2, 0.25) is 0 Å². The lowest BCUT2D eigenvalue weighted by molar-refractivity contribution is 0.0601. The number of esters is 1. The highest BCUT2D eigenvalue weighted by Crippen LogP contribution is 2.39. The largest absolute Gasteiger partial charge is 0.465 e. The van der Waals surface area contributed by atoms with Crippen LogP contribution in [-0.4, -0.2) is 29.8 Å². The van der Waals surface area contributed by atoms with E-state index in [1.807, 2.05) is 0 Å². The first-order chi connectivity index (χ1) is 15.5. The molecule has 0 bridgehead atoms. The summed E-state index contributed by atoms with van der Waals surface area (Å²) in [4.78, 5) is 39.7. The number of hydrogen-bond donors (Lipinski definition) is 2. The van der Waals surface area contributed by atoms with Crippen molar-refractivity contribution in [1.82, 2.24) is 0 Å². The number of benzene rings is 2. The third-order valence-corrected chi connectivity index (χ3v) is 7.15. The van der Waals surface area contributed by atoms with Crippen molar-refractivity contribution >= 4 is 56.9 Å². The fourth-order valence-electron chi connectivity index (χ4n) is 4.32. The van der Waals surface area contributed by atoms with Gasteiger partial charge in [-0.25, -0.2) is 4.79 Å². The summed E-state index contributed by atoms with van der Waals surface area (Å²) in [5.41, 5.74) is 3.39. The number of methoxy groups -OCH3 is 1. The number of ketones is 2. The maximum atomic E-state index is 13.2. The Hall–Kier alpha value is -3.36. The van der Waals surface area contributed by atoms with Crippen LogP contribution in [0.4, 0.5) is 10.7 Å². The highest BCUT2D eigenvalue weighted by Gasteiger charge is 2.32. The minimum atomic E-state index is -0.399. The van der Waals surface area contributed by atoms with Gasteiger partial charge in [0.25, 0.3) is 0 Å². The van der Waals surface area contributed by atoms with Crippen LogP contribution in [0, 0.1) is 0 Å². The van der Waals surface area contributed by atoms with Crippen LogP contribution in [0.5, 0.6) is 0 Å². The lowest BCUT2D eigenvalue weighted by Gasteiger charge is -2.21. The van der Waals surface area contributed by atoms with Crippen molar-refractivity contribution in [2.24, 2.45) is 0 Å². The molecular formula is C24H18N2O4S2. The molecule has 0 saturated heterocycles. The average Bonchev–Trinajstić information content (AvgIpc) is 3.37. The van der Waals surface area contributed by atoms with Crippen molar-refractivity contribution in [1.29, 1.82) is 0 Å². The van der Waals surface area contributed by atoms with Gasteiger partial charge in [0.15, 0.2) is 16.7 Å². The second-order valence-corrected chi connectivity index (χ2v) is 9.08. The van der Waals surface area contributed by atoms with Crippen molar-refractivity contribution in [3.8, 4) is 0 Å². The number of ether oxygens (including phenoxy) is 1. The topological polar surface area (TPSA) is 84.5 Å². The summed E-state index contributed by atoms with van der Waals surface area (Å²) < 4.78 is 4.98. The van der Waals surface area contributed by atoms with E-state index in [-0.39, 0.29) is 16.7 Å². The molecule has 32 heavy (non-hydrogen) atoms. The van der Waals surface area contributed by atoms with Crippen molar-refractivity contribution in [3.63, 3.8) is 0 Å². The molecule has 3 aromatic rings. The minimum Gasteiger partial charge on any atom is -0.465 e. The van der Waals surface area contributed by atoms with Gasteiger partial charge in [0, 0.05) is 21.6 Å². The van der Waals surface area contributed by atoms with Crippen molar-refractivity contribution < 1.29 is 19.1 Å². The van der Waals surface area contributed by atoms with E-state index in [1.165, 1.54) is 18.4 Å². The Bertz CT molecular complexity index is 1330. The number of nitrogens with one attached hydrogen (secondary N) is 2. The summed E-state index contributed by atoms with van der Waals surface area (Å²) in [5, 5.41) is 6.99. The second-order valence-electron chi connectivity index (χ2n) is 7.56. The van der Waals surface area contributed by atoms with Crippen LogP contribution in [0.2, 0.25) is 0 Å². The normalized spacial score (nSPS) is 13.8. The van der Waals surface area contributed by atoms with Crippen LogP contribution < -0.4 is 10.6 Å². The molecule has 2 aromatic carbocycles. The Balaban J connectivity index is 1.46. The molecule has 5 rings (SSSR count). The van der Waals surface area contributed by atoms with Crippen molar-refractivity contribution in [2.75, 3.05) is 17.7 Å². The quantitative estimate of drug-likeness (QED) is 0.340. The first-order valence-electron chi connectivity index (χ1n) is 10.1. The molecule has 0 unspecified atom stereocenters. The van der Waals surface area contributed by atoms with Crippen molar-refractivity contribution in [2.45, 2.75) is 19.3 Å². The Morgan fingerprint density at radius 2 is 1.69 bits per heavy atom. The molecule has 2 aliphatic rings. The fraction of sp³-hybridized carbons (Fsp3) is 0.167. The predicted octanol–water partition coefficient (Wildman–Crippen LogP) is 4.61. The van der Waals surface area contributed by atoms with Gasteiger partial charge in [0.1, 0.15) is 5.00 Å². The Kier molecular flexibility index (Phi) is 5.11. The molecule has 0 amide bonds. The zero-order valence-corrected chi connectivity index (χ0v) is 18.7. The SMILES string of the molecule is COC(=O)c1c(NC(=S)Nc2cccc3c2C(=O)c2ccccc2C3=O)sc2c1CCC2. The van der Waals surface area contributed by atoms with Crippen LogP contribution in [0.3, 0.4) is 0 Å². The third kappa shape index (κ3) is 3.23. The summed E-state index contributed by atoms with van der Waals surface area (Å²) in [5.74, 6) is -0.823. The molecule has 1 heterocycles.